The molecule has 4 nitrogen and oxygen atoms in total. The van der Waals surface area contributed by atoms with E-state index >= 15 is 0 Å². The zero-order valence-electron chi connectivity index (χ0n) is 12.0. The fraction of sp³-hybridized carbons (Fsp3) is 0.125. The van der Waals surface area contributed by atoms with Crippen molar-refractivity contribution < 1.29 is 13.6 Å². The van der Waals surface area contributed by atoms with E-state index < -0.39 is 0 Å². The number of benzene rings is 1. The summed E-state index contributed by atoms with van der Waals surface area (Å²) in [5.74, 6) is -0.350. The van der Waals surface area contributed by atoms with Gasteiger partial charge in [-0.15, -0.1) is 11.3 Å². The summed E-state index contributed by atoms with van der Waals surface area (Å²) < 4.78 is 18.1. The average Bonchev–Trinajstić information content (AvgIpc) is 3.06. The van der Waals surface area contributed by atoms with Crippen molar-refractivity contribution in [2.75, 3.05) is 5.32 Å². The van der Waals surface area contributed by atoms with Crippen molar-refractivity contribution in [1.29, 1.82) is 0 Å². The van der Waals surface area contributed by atoms with Gasteiger partial charge in [-0.3, -0.25) is 10.1 Å². The second-order valence-corrected chi connectivity index (χ2v) is 6.02. The maximum atomic E-state index is 13.0. The van der Waals surface area contributed by atoms with E-state index in [1.54, 1.807) is 25.1 Å². The number of rotatable bonds is 3. The Bertz CT molecular complexity index is 821. The molecule has 1 aromatic carbocycles. The zero-order chi connectivity index (χ0) is 15.7. The summed E-state index contributed by atoms with van der Waals surface area (Å²) in [6.07, 6.45) is 1.47. The van der Waals surface area contributed by atoms with Gasteiger partial charge in [0.2, 0.25) is 0 Å². The molecule has 3 aromatic rings. The molecule has 2 aromatic heterocycles. The molecule has 0 saturated carbocycles. The van der Waals surface area contributed by atoms with E-state index in [9.17, 15) is 9.18 Å². The van der Waals surface area contributed by atoms with Crippen LogP contribution in [-0.4, -0.2) is 10.9 Å². The Morgan fingerprint density at radius 2 is 1.95 bits per heavy atom. The van der Waals surface area contributed by atoms with Crippen molar-refractivity contribution in [3.05, 3.63) is 58.6 Å². The lowest BCUT2D eigenvalue weighted by atomic mass is 10.1. The smallest absolute Gasteiger partial charge is 0.293 e. The number of nitrogens with zero attached hydrogens (tertiary/aromatic N) is 1. The van der Waals surface area contributed by atoms with Crippen LogP contribution in [0.15, 0.2) is 41.0 Å². The van der Waals surface area contributed by atoms with Crippen molar-refractivity contribution in [2.24, 2.45) is 0 Å². The lowest BCUT2D eigenvalue weighted by Gasteiger charge is -1.99. The molecule has 3 rings (SSSR count). The number of nitrogens with one attached hydrogen (secondary N) is 1. The van der Waals surface area contributed by atoms with Crippen LogP contribution < -0.4 is 5.32 Å². The topological polar surface area (TPSA) is 55.1 Å². The Hall–Kier alpha value is -2.47. The molecule has 0 unspecified atom stereocenters. The van der Waals surface area contributed by atoms with Crippen LogP contribution in [0.5, 0.6) is 0 Å². The van der Waals surface area contributed by atoms with Crippen molar-refractivity contribution in [2.45, 2.75) is 13.8 Å². The van der Waals surface area contributed by atoms with E-state index in [1.807, 2.05) is 6.92 Å². The highest BCUT2D eigenvalue weighted by Crippen LogP contribution is 2.30. The molecule has 0 aliphatic carbocycles. The van der Waals surface area contributed by atoms with Gasteiger partial charge in [-0.1, -0.05) is 0 Å². The van der Waals surface area contributed by atoms with Gasteiger partial charge < -0.3 is 4.42 Å². The largest absolute Gasteiger partial charge is 0.459 e. The molecule has 0 aliphatic heterocycles. The van der Waals surface area contributed by atoms with Crippen LogP contribution in [0.1, 0.15) is 21.0 Å². The number of furan rings is 1. The SMILES string of the molecule is Cc1ccoc1C(=O)Nc1nc(-c2ccc(F)cc2)c(C)s1. The Morgan fingerprint density at radius 3 is 2.59 bits per heavy atom. The van der Waals surface area contributed by atoms with Gasteiger partial charge >= 0.3 is 0 Å². The summed E-state index contributed by atoms with van der Waals surface area (Å²) >= 11 is 1.37. The van der Waals surface area contributed by atoms with Gasteiger partial charge in [0, 0.05) is 16.0 Å². The van der Waals surface area contributed by atoms with Gasteiger partial charge in [0.1, 0.15) is 5.82 Å². The minimum atomic E-state index is -0.332. The van der Waals surface area contributed by atoms with E-state index in [0.717, 1.165) is 21.7 Å². The van der Waals surface area contributed by atoms with E-state index in [4.69, 9.17) is 4.42 Å². The van der Waals surface area contributed by atoms with Gasteiger partial charge in [0.05, 0.1) is 12.0 Å². The summed E-state index contributed by atoms with van der Waals surface area (Å²) in [6, 6.07) is 7.84. The van der Waals surface area contributed by atoms with Gasteiger partial charge in [-0.2, -0.15) is 0 Å². The maximum Gasteiger partial charge on any atom is 0.293 e. The molecule has 0 saturated heterocycles. The fourth-order valence-electron chi connectivity index (χ4n) is 2.08. The number of hydrogen-bond donors (Lipinski definition) is 1. The van der Waals surface area contributed by atoms with E-state index in [-0.39, 0.29) is 17.5 Å². The third kappa shape index (κ3) is 2.78. The Morgan fingerprint density at radius 1 is 1.23 bits per heavy atom. The van der Waals surface area contributed by atoms with Crippen molar-refractivity contribution in [3.8, 4) is 11.3 Å². The molecule has 0 aliphatic rings. The monoisotopic (exact) mass is 316 g/mol. The van der Waals surface area contributed by atoms with Crippen LogP contribution in [0.4, 0.5) is 9.52 Å². The molecule has 0 atom stereocenters. The first kappa shape index (κ1) is 14.5. The normalized spacial score (nSPS) is 10.7. The minimum absolute atomic E-state index is 0.274. The molecule has 112 valence electrons. The molecular formula is C16H13FN2O2S. The number of carbonyl (C=O) groups is 1. The molecule has 0 radical (unpaired) electrons. The first-order valence-electron chi connectivity index (χ1n) is 6.63. The Labute approximate surface area is 130 Å². The van der Waals surface area contributed by atoms with Crippen LogP contribution in [0.25, 0.3) is 11.3 Å². The summed E-state index contributed by atoms with van der Waals surface area (Å²) in [5.41, 5.74) is 2.31. The molecule has 6 heteroatoms. The number of anilines is 1. The number of amides is 1. The first-order chi connectivity index (χ1) is 10.5. The van der Waals surface area contributed by atoms with Gasteiger partial charge in [-0.05, 0) is 44.2 Å². The number of halogens is 1. The molecule has 2 heterocycles. The van der Waals surface area contributed by atoms with E-state index in [0.29, 0.717) is 5.13 Å². The lowest BCUT2D eigenvalue weighted by molar-refractivity contribution is 0.0996. The van der Waals surface area contributed by atoms with Crippen LogP contribution in [0, 0.1) is 19.7 Å². The average molecular weight is 316 g/mol. The summed E-state index contributed by atoms with van der Waals surface area (Å²) in [6.45, 7) is 3.71. The second-order valence-electron chi connectivity index (χ2n) is 4.82. The predicted octanol–water partition coefficient (Wildman–Crippen LogP) is 4.41. The lowest BCUT2D eigenvalue weighted by Crippen LogP contribution is -2.11. The quantitative estimate of drug-likeness (QED) is 0.778. The summed E-state index contributed by atoms with van der Waals surface area (Å²) in [7, 11) is 0. The minimum Gasteiger partial charge on any atom is -0.459 e. The number of aryl methyl sites for hydroxylation is 2. The molecule has 0 fully saturated rings. The van der Waals surface area contributed by atoms with Crippen molar-refractivity contribution >= 4 is 22.4 Å². The van der Waals surface area contributed by atoms with E-state index in [2.05, 4.69) is 10.3 Å². The van der Waals surface area contributed by atoms with Crippen molar-refractivity contribution in [1.82, 2.24) is 4.98 Å². The number of carbonyl (C=O) groups excluding carboxylic acids is 1. The maximum absolute atomic E-state index is 13.0. The summed E-state index contributed by atoms with van der Waals surface area (Å²) in [5, 5.41) is 3.21. The first-order valence-corrected chi connectivity index (χ1v) is 7.45. The second kappa shape index (κ2) is 5.73. The molecule has 0 spiro atoms. The molecule has 22 heavy (non-hydrogen) atoms. The van der Waals surface area contributed by atoms with Crippen molar-refractivity contribution in [3.63, 3.8) is 0 Å². The Kier molecular flexibility index (Phi) is 3.77. The molecule has 0 bridgehead atoms. The number of thiazole rings is 1. The highest BCUT2D eigenvalue weighted by Gasteiger charge is 2.16. The van der Waals surface area contributed by atoms with Crippen LogP contribution in [0.3, 0.4) is 0 Å². The molecular weight excluding hydrogens is 303 g/mol. The van der Waals surface area contributed by atoms with E-state index in [1.165, 1.54) is 29.7 Å². The van der Waals surface area contributed by atoms with Crippen LogP contribution in [0.2, 0.25) is 0 Å². The predicted molar refractivity (Wildman–Crippen MR) is 83.6 cm³/mol. The number of hydrogen-bond acceptors (Lipinski definition) is 4. The fourth-order valence-corrected chi connectivity index (χ4v) is 2.92. The highest BCUT2D eigenvalue weighted by molar-refractivity contribution is 7.16. The third-order valence-electron chi connectivity index (χ3n) is 3.20. The van der Waals surface area contributed by atoms with Crippen LogP contribution >= 0.6 is 11.3 Å². The van der Waals surface area contributed by atoms with Gasteiger partial charge in [0.15, 0.2) is 10.9 Å². The van der Waals surface area contributed by atoms with Gasteiger partial charge in [-0.25, -0.2) is 9.37 Å². The highest BCUT2D eigenvalue weighted by atomic mass is 32.1. The van der Waals surface area contributed by atoms with Crippen LogP contribution in [-0.2, 0) is 0 Å². The summed E-state index contributed by atoms with van der Waals surface area (Å²) in [4.78, 5) is 17.5. The Balaban J connectivity index is 1.85. The zero-order valence-corrected chi connectivity index (χ0v) is 12.8. The third-order valence-corrected chi connectivity index (χ3v) is 4.09. The molecule has 1 amide bonds. The van der Waals surface area contributed by atoms with Gasteiger partial charge in [0.25, 0.3) is 5.91 Å². The molecule has 1 N–H and O–H groups in total. The standard InChI is InChI=1S/C16H13FN2O2S/c1-9-7-8-21-14(9)15(20)19-16-18-13(10(2)22-16)11-3-5-12(17)6-4-11/h3-8H,1-2H3,(H,18,19,20). The number of aromatic nitrogens is 1.